The van der Waals surface area contributed by atoms with Gasteiger partial charge in [0.2, 0.25) is 0 Å². The maximum absolute atomic E-state index is 12.9. The van der Waals surface area contributed by atoms with Crippen LogP contribution in [0.3, 0.4) is 0 Å². The molecule has 2 atom stereocenters. The number of nitrogens with zero attached hydrogens (tertiary/aromatic N) is 1. The van der Waals surface area contributed by atoms with Crippen molar-refractivity contribution in [1.29, 1.82) is 0 Å². The van der Waals surface area contributed by atoms with Crippen molar-refractivity contribution in [1.82, 2.24) is 4.31 Å². The van der Waals surface area contributed by atoms with Crippen molar-refractivity contribution in [2.75, 3.05) is 13.1 Å². The van der Waals surface area contributed by atoms with Gasteiger partial charge in [0.25, 0.3) is 10.0 Å². The van der Waals surface area contributed by atoms with Crippen LogP contribution in [0.2, 0.25) is 0 Å². The van der Waals surface area contributed by atoms with E-state index in [1.165, 1.54) is 0 Å². The fraction of sp³-hybridized carbons (Fsp3) is 0.583. The third-order valence-electron chi connectivity index (χ3n) is 3.59. The van der Waals surface area contributed by atoms with Crippen molar-refractivity contribution < 1.29 is 31.5 Å². The molecule has 2 heterocycles. The molecule has 0 saturated carbocycles. The van der Waals surface area contributed by atoms with E-state index >= 15 is 0 Å². The summed E-state index contributed by atoms with van der Waals surface area (Å²) in [5.74, 6) is -5.61. The van der Waals surface area contributed by atoms with E-state index < -0.39 is 47.1 Å². The average Bonchev–Trinajstić information content (AvgIpc) is 2.92. The molecular weight excluding hydrogens is 343 g/mol. The number of carboxylic acid groups (broad SMARTS) is 1. The highest BCUT2D eigenvalue weighted by molar-refractivity contribution is 7.91. The van der Waals surface area contributed by atoms with E-state index in [1.54, 1.807) is 19.9 Å². The molecule has 5 nitrogen and oxygen atoms in total. The summed E-state index contributed by atoms with van der Waals surface area (Å²) in [6.45, 7) is 1.72. The SMILES string of the molecule is Cc1cc(C)c(S(=O)(=O)N2C[C@@H](C(F)(F)F)[C@H](C(=O)O)C2)s1. The molecule has 1 aromatic heterocycles. The molecule has 1 aromatic rings. The van der Waals surface area contributed by atoms with Gasteiger partial charge in [-0.1, -0.05) is 0 Å². The molecule has 0 spiro atoms. The number of aliphatic carboxylic acids is 1. The highest BCUT2D eigenvalue weighted by Crippen LogP contribution is 2.40. The molecule has 0 unspecified atom stereocenters. The summed E-state index contributed by atoms with van der Waals surface area (Å²) >= 11 is 0.968. The van der Waals surface area contributed by atoms with Crippen molar-refractivity contribution in [2.45, 2.75) is 24.2 Å². The standard InChI is InChI=1S/C12H14F3NO4S2/c1-6-3-7(2)21-11(6)22(19,20)16-4-8(10(17)18)9(5-16)12(13,14)15/h3,8-9H,4-5H2,1-2H3,(H,17,18)/t8-,9-/m1/s1. The van der Waals surface area contributed by atoms with Gasteiger partial charge < -0.3 is 5.11 Å². The number of rotatable bonds is 3. The Morgan fingerprint density at radius 2 is 1.95 bits per heavy atom. The quantitative estimate of drug-likeness (QED) is 0.900. The molecule has 0 aromatic carbocycles. The average molecular weight is 357 g/mol. The van der Waals surface area contributed by atoms with Crippen LogP contribution >= 0.6 is 11.3 Å². The molecule has 1 saturated heterocycles. The second-order valence-corrected chi connectivity index (χ2v) is 8.63. The highest BCUT2D eigenvalue weighted by Gasteiger charge is 2.55. The number of hydrogen-bond acceptors (Lipinski definition) is 4. The Kier molecular flexibility index (Phi) is 4.31. The summed E-state index contributed by atoms with van der Waals surface area (Å²) < 4.78 is 64.4. The van der Waals surface area contributed by atoms with E-state index in [1.807, 2.05) is 0 Å². The summed E-state index contributed by atoms with van der Waals surface area (Å²) in [5.41, 5.74) is 0.449. The molecule has 0 aliphatic carbocycles. The Morgan fingerprint density at radius 3 is 2.32 bits per heavy atom. The van der Waals surface area contributed by atoms with Crippen LogP contribution in [0, 0.1) is 25.7 Å². The molecule has 0 radical (unpaired) electrons. The van der Waals surface area contributed by atoms with Gasteiger partial charge in [-0.05, 0) is 25.5 Å². The van der Waals surface area contributed by atoms with Crippen LogP contribution < -0.4 is 0 Å². The molecule has 0 bridgehead atoms. The minimum Gasteiger partial charge on any atom is -0.481 e. The van der Waals surface area contributed by atoms with Crippen molar-refractivity contribution in [3.05, 3.63) is 16.5 Å². The second kappa shape index (κ2) is 5.50. The zero-order valence-corrected chi connectivity index (χ0v) is 13.3. The van der Waals surface area contributed by atoms with E-state index in [4.69, 9.17) is 5.11 Å². The molecule has 1 N–H and O–H groups in total. The molecular formula is C12H14F3NO4S2. The van der Waals surface area contributed by atoms with E-state index in [2.05, 4.69) is 0 Å². The van der Waals surface area contributed by atoms with E-state index in [9.17, 15) is 26.4 Å². The molecule has 10 heteroatoms. The van der Waals surface area contributed by atoms with Crippen LogP contribution in [-0.2, 0) is 14.8 Å². The molecule has 2 rings (SSSR count). The zero-order valence-electron chi connectivity index (χ0n) is 11.7. The number of hydrogen-bond donors (Lipinski definition) is 1. The van der Waals surface area contributed by atoms with Gasteiger partial charge in [0.1, 0.15) is 4.21 Å². The Labute approximate surface area is 129 Å². The van der Waals surface area contributed by atoms with Crippen LogP contribution in [0.25, 0.3) is 0 Å². The van der Waals surface area contributed by atoms with E-state index in [-0.39, 0.29) is 4.21 Å². The minimum absolute atomic E-state index is 0.0306. The van der Waals surface area contributed by atoms with E-state index in [0.717, 1.165) is 16.2 Å². The Bertz CT molecular complexity index is 696. The van der Waals surface area contributed by atoms with Crippen LogP contribution in [0.5, 0.6) is 0 Å². The molecule has 0 amide bonds. The number of aryl methyl sites for hydroxylation is 2. The van der Waals surface area contributed by atoms with Crippen LogP contribution in [0.1, 0.15) is 10.4 Å². The normalized spacial score (nSPS) is 23.9. The maximum Gasteiger partial charge on any atom is 0.393 e. The lowest BCUT2D eigenvalue weighted by Gasteiger charge is -2.18. The monoisotopic (exact) mass is 357 g/mol. The predicted octanol–water partition coefficient (Wildman–Crippen LogP) is 2.25. The van der Waals surface area contributed by atoms with Crippen molar-refractivity contribution in [3.63, 3.8) is 0 Å². The topological polar surface area (TPSA) is 74.7 Å². The largest absolute Gasteiger partial charge is 0.481 e. The third-order valence-corrected chi connectivity index (χ3v) is 7.19. The lowest BCUT2D eigenvalue weighted by atomic mass is 9.96. The fourth-order valence-corrected chi connectivity index (χ4v) is 5.83. The predicted molar refractivity (Wildman–Crippen MR) is 73.2 cm³/mol. The van der Waals surface area contributed by atoms with Gasteiger partial charge in [-0.25, -0.2) is 8.42 Å². The lowest BCUT2D eigenvalue weighted by molar-refractivity contribution is -0.187. The van der Waals surface area contributed by atoms with Crippen molar-refractivity contribution in [2.24, 2.45) is 11.8 Å². The summed E-state index contributed by atoms with van der Waals surface area (Å²) in [4.78, 5) is 11.7. The Balaban J connectivity index is 2.38. The molecule has 1 aliphatic heterocycles. The molecule has 22 heavy (non-hydrogen) atoms. The number of carboxylic acids is 1. The molecule has 124 valence electrons. The smallest absolute Gasteiger partial charge is 0.393 e. The van der Waals surface area contributed by atoms with Gasteiger partial charge in [-0.2, -0.15) is 17.5 Å². The summed E-state index contributed by atoms with van der Waals surface area (Å²) in [6.07, 6.45) is -4.76. The van der Waals surface area contributed by atoms with Gasteiger partial charge in [0.05, 0.1) is 11.8 Å². The van der Waals surface area contributed by atoms with Crippen LogP contribution in [0.15, 0.2) is 10.3 Å². The first-order valence-corrected chi connectivity index (χ1v) is 8.57. The summed E-state index contributed by atoms with van der Waals surface area (Å²) in [6, 6.07) is 1.63. The Morgan fingerprint density at radius 1 is 1.36 bits per heavy atom. The number of thiophene rings is 1. The third kappa shape index (κ3) is 2.99. The maximum atomic E-state index is 12.9. The Hall–Kier alpha value is -1.13. The molecule has 1 aliphatic rings. The van der Waals surface area contributed by atoms with Gasteiger partial charge in [0, 0.05) is 18.0 Å². The summed E-state index contributed by atoms with van der Waals surface area (Å²) in [5, 5.41) is 8.94. The van der Waals surface area contributed by atoms with Gasteiger partial charge >= 0.3 is 12.1 Å². The van der Waals surface area contributed by atoms with Crippen LogP contribution in [-0.4, -0.2) is 43.1 Å². The van der Waals surface area contributed by atoms with Gasteiger partial charge in [-0.15, -0.1) is 11.3 Å². The highest BCUT2D eigenvalue weighted by atomic mass is 32.2. The minimum atomic E-state index is -4.76. The summed E-state index contributed by atoms with van der Waals surface area (Å²) in [7, 11) is -4.12. The first-order chi connectivity index (χ1) is 9.94. The van der Waals surface area contributed by atoms with Gasteiger partial charge in [0.15, 0.2) is 0 Å². The zero-order chi connectivity index (χ0) is 16.9. The lowest BCUT2D eigenvalue weighted by Crippen LogP contribution is -2.34. The van der Waals surface area contributed by atoms with Crippen LogP contribution in [0.4, 0.5) is 13.2 Å². The number of halogens is 3. The van der Waals surface area contributed by atoms with Crippen molar-refractivity contribution >= 4 is 27.3 Å². The van der Waals surface area contributed by atoms with Gasteiger partial charge in [-0.3, -0.25) is 4.79 Å². The number of carbonyl (C=O) groups is 1. The van der Waals surface area contributed by atoms with E-state index in [0.29, 0.717) is 9.87 Å². The second-order valence-electron chi connectivity index (χ2n) is 5.24. The molecule has 1 fully saturated rings. The van der Waals surface area contributed by atoms with Crippen molar-refractivity contribution in [3.8, 4) is 0 Å². The first kappa shape index (κ1) is 17.2. The number of alkyl halides is 3. The number of sulfonamides is 1. The first-order valence-electron chi connectivity index (χ1n) is 6.31. The fourth-order valence-electron chi connectivity index (χ4n) is 2.54.